The Balaban J connectivity index is 2.22. The minimum Gasteiger partial charge on any atom is -0.481 e. The third-order valence-electron chi connectivity index (χ3n) is 1.59. The highest BCUT2D eigenvalue weighted by Gasteiger charge is 2.05. The Morgan fingerprint density at radius 3 is 3.00 bits per heavy atom. The second-order valence-corrected chi connectivity index (χ2v) is 4.88. The fourth-order valence-corrected chi connectivity index (χ4v) is 2.82. The second-order valence-electron chi connectivity index (χ2n) is 2.63. The van der Waals surface area contributed by atoms with Crippen molar-refractivity contribution < 1.29 is 9.90 Å². The Morgan fingerprint density at radius 1 is 1.50 bits per heavy atom. The van der Waals surface area contributed by atoms with Gasteiger partial charge in [0.1, 0.15) is 0 Å². The normalized spacial score (nSPS) is 10.6. The summed E-state index contributed by atoms with van der Waals surface area (Å²) in [4.78, 5) is 14.6. The molecule has 1 N–H and O–H groups in total. The average Bonchev–Trinajstić information content (AvgIpc) is 2.57. The van der Waals surface area contributed by atoms with Crippen LogP contribution in [0.5, 0.6) is 0 Å². The maximum Gasteiger partial charge on any atom is 0.313 e. The van der Waals surface area contributed by atoms with E-state index in [1.54, 1.807) is 0 Å². The first-order valence-electron chi connectivity index (χ1n) is 3.96. The minimum absolute atomic E-state index is 0.0693. The summed E-state index contributed by atoms with van der Waals surface area (Å²) in [7, 11) is 0. The first-order valence-corrected chi connectivity index (χ1v) is 5.76. The second kappa shape index (κ2) is 3.98. The summed E-state index contributed by atoms with van der Waals surface area (Å²) in [5, 5.41) is 8.51. The molecule has 0 fully saturated rings. The van der Waals surface area contributed by atoms with Crippen molar-refractivity contribution in [2.45, 2.75) is 4.34 Å². The molecule has 72 valence electrons. The lowest BCUT2D eigenvalue weighted by Gasteiger charge is -1.88. The molecular weight excluding hydrogens is 218 g/mol. The Labute approximate surface area is 88.8 Å². The van der Waals surface area contributed by atoms with Crippen molar-refractivity contribution in [3.8, 4) is 0 Å². The lowest BCUT2D eigenvalue weighted by molar-refractivity contribution is -0.133. The molecule has 0 bridgehead atoms. The molecule has 0 radical (unpaired) electrons. The SMILES string of the molecule is O=C(O)CSc1nc2ccccc2s1. The van der Waals surface area contributed by atoms with Gasteiger partial charge in [-0.25, -0.2) is 4.98 Å². The molecule has 0 saturated heterocycles. The topological polar surface area (TPSA) is 50.2 Å². The highest BCUT2D eigenvalue weighted by molar-refractivity contribution is 8.01. The van der Waals surface area contributed by atoms with Crippen molar-refractivity contribution >= 4 is 39.3 Å². The molecule has 0 atom stereocenters. The van der Waals surface area contributed by atoms with Crippen LogP contribution in [0.15, 0.2) is 28.6 Å². The number of thiazole rings is 1. The van der Waals surface area contributed by atoms with Crippen molar-refractivity contribution in [3.63, 3.8) is 0 Å². The summed E-state index contributed by atoms with van der Waals surface area (Å²) in [5.41, 5.74) is 0.936. The minimum atomic E-state index is -0.811. The Morgan fingerprint density at radius 2 is 2.29 bits per heavy atom. The first kappa shape index (κ1) is 9.48. The van der Waals surface area contributed by atoms with Crippen molar-refractivity contribution in [1.82, 2.24) is 4.98 Å². The van der Waals surface area contributed by atoms with Crippen LogP contribution in [0.3, 0.4) is 0 Å². The van der Waals surface area contributed by atoms with E-state index in [4.69, 9.17) is 5.11 Å². The smallest absolute Gasteiger partial charge is 0.313 e. The van der Waals surface area contributed by atoms with Gasteiger partial charge in [-0.2, -0.15) is 0 Å². The number of para-hydroxylation sites is 1. The van der Waals surface area contributed by atoms with Gasteiger partial charge in [-0.3, -0.25) is 4.79 Å². The number of fused-ring (bicyclic) bond motifs is 1. The summed E-state index contributed by atoms with van der Waals surface area (Å²) in [6.45, 7) is 0. The van der Waals surface area contributed by atoms with Crippen molar-refractivity contribution in [3.05, 3.63) is 24.3 Å². The maximum absolute atomic E-state index is 10.3. The number of aliphatic carboxylic acids is 1. The van der Waals surface area contributed by atoms with Gasteiger partial charge < -0.3 is 5.11 Å². The summed E-state index contributed by atoms with van der Waals surface area (Å²) >= 11 is 2.79. The number of carboxylic acids is 1. The highest BCUT2D eigenvalue weighted by Crippen LogP contribution is 2.28. The number of hydrogen-bond donors (Lipinski definition) is 1. The number of rotatable bonds is 3. The Kier molecular flexibility index (Phi) is 2.69. The standard InChI is InChI=1S/C9H7NO2S2/c11-8(12)5-13-9-10-6-3-1-2-4-7(6)14-9/h1-4H,5H2,(H,11,12). The number of aromatic nitrogens is 1. The summed E-state index contributed by atoms with van der Waals surface area (Å²) in [6.07, 6.45) is 0. The summed E-state index contributed by atoms with van der Waals surface area (Å²) < 4.78 is 1.91. The van der Waals surface area contributed by atoms with E-state index in [-0.39, 0.29) is 5.75 Å². The molecule has 0 aliphatic carbocycles. The quantitative estimate of drug-likeness (QED) is 0.815. The molecule has 0 aliphatic rings. The Bertz CT molecular complexity index is 434. The molecule has 5 heteroatoms. The average molecular weight is 225 g/mol. The molecule has 1 heterocycles. The molecule has 0 amide bonds. The van der Waals surface area contributed by atoms with Gasteiger partial charge in [0, 0.05) is 0 Å². The summed E-state index contributed by atoms with van der Waals surface area (Å²) in [6, 6.07) is 7.79. The lowest BCUT2D eigenvalue weighted by atomic mass is 10.3. The predicted octanol–water partition coefficient (Wildman–Crippen LogP) is 2.47. The number of thioether (sulfide) groups is 1. The predicted molar refractivity (Wildman–Crippen MR) is 58.0 cm³/mol. The molecular formula is C9H7NO2S2. The molecule has 2 aromatic rings. The van der Waals surface area contributed by atoms with Gasteiger partial charge in [-0.05, 0) is 12.1 Å². The van der Waals surface area contributed by atoms with E-state index in [0.717, 1.165) is 14.6 Å². The van der Waals surface area contributed by atoms with Crippen LogP contribution in [0.4, 0.5) is 0 Å². The number of nitrogens with zero attached hydrogens (tertiary/aromatic N) is 1. The van der Waals surface area contributed by atoms with E-state index < -0.39 is 5.97 Å². The third kappa shape index (κ3) is 2.05. The molecule has 1 aromatic carbocycles. The molecule has 0 unspecified atom stereocenters. The zero-order valence-corrected chi connectivity index (χ0v) is 8.77. The van der Waals surface area contributed by atoms with Crippen molar-refractivity contribution in [1.29, 1.82) is 0 Å². The van der Waals surface area contributed by atoms with Gasteiger partial charge in [0.2, 0.25) is 0 Å². The fraction of sp³-hybridized carbons (Fsp3) is 0.111. The molecule has 0 aliphatic heterocycles. The van der Waals surface area contributed by atoms with E-state index in [1.165, 1.54) is 23.1 Å². The number of carbonyl (C=O) groups is 1. The van der Waals surface area contributed by atoms with Gasteiger partial charge in [0.25, 0.3) is 0 Å². The number of hydrogen-bond acceptors (Lipinski definition) is 4. The highest BCUT2D eigenvalue weighted by atomic mass is 32.2. The van der Waals surface area contributed by atoms with E-state index in [2.05, 4.69) is 4.98 Å². The largest absolute Gasteiger partial charge is 0.481 e. The van der Waals surface area contributed by atoms with Crippen LogP contribution in [0.2, 0.25) is 0 Å². The van der Waals surface area contributed by atoms with Crippen molar-refractivity contribution in [2.24, 2.45) is 0 Å². The van der Waals surface area contributed by atoms with Crippen LogP contribution >= 0.6 is 23.1 Å². The van der Waals surface area contributed by atoms with Gasteiger partial charge >= 0.3 is 5.97 Å². The van der Waals surface area contributed by atoms with Crippen LogP contribution in [-0.2, 0) is 4.79 Å². The van der Waals surface area contributed by atoms with Crippen LogP contribution < -0.4 is 0 Å². The van der Waals surface area contributed by atoms with Crippen molar-refractivity contribution in [2.75, 3.05) is 5.75 Å². The van der Waals surface area contributed by atoms with Crippen LogP contribution in [0.25, 0.3) is 10.2 Å². The Hall–Kier alpha value is -1.07. The van der Waals surface area contributed by atoms with E-state index >= 15 is 0 Å². The van der Waals surface area contributed by atoms with Gasteiger partial charge in [-0.1, -0.05) is 23.9 Å². The van der Waals surface area contributed by atoms with Crippen LogP contribution in [0, 0.1) is 0 Å². The zero-order chi connectivity index (χ0) is 9.97. The molecule has 0 saturated carbocycles. The van der Waals surface area contributed by atoms with Gasteiger partial charge in [-0.15, -0.1) is 11.3 Å². The van der Waals surface area contributed by atoms with E-state index in [1.807, 2.05) is 24.3 Å². The molecule has 2 rings (SSSR count). The molecule has 1 aromatic heterocycles. The zero-order valence-electron chi connectivity index (χ0n) is 7.14. The fourth-order valence-electron chi connectivity index (χ4n) is 1.04. The molecule has 0 spiro atoms. The first-order chi connectivity index (χ1) is 6.75. The third-order valence-corrected chi connectivity index (χ3v) is 3.76. The van der Waals surface area contributed by atoms with E-state index in [0.29, 0.717) is 0 Å². The number of carboxylic acid groups (broad SMARTS) is 1. The van der Waals surface area contributed by atoms with Crippen LogP contribution in [-0.4, -0.2) is 21.8 Å². The molecule has 14 heavy (non-hydrogen) atoms. The molecule has 3 nitrogen and oxygen atoms in total. The van der Waals surface area contributed by atoms with Gasteiger partial charge in [0.15, 0.2) is 4.34 Å². The summed E-state index contributed by atoms with van der Waals surface area (Å²) in [5.74, 6) is -0.742. The monoisotopic (exact) mass is 225 g/mol. The van der Waals surface area contributed by atoms with E-state index in [9.17, 15) is 4.79 Å². The lowest BCUT2D eigenvalue weighted by Crippen LogP contribution is -1.96. The maximum atomic E-state index is 10.3. The number of benzene rings is 1. The van der Waals surface area contributed by atoms with Crippen LogP contribution in [0.1, 0.15) is 0 Å². The van der Waals surface area contributed by atoms with Gasteiger partial charge in [0.05, 0.1) is 16.0 Å².